The van der Waals surface area contributed by atoms with E-state index in [1.54, 1.807) is 23.1 Å². The average Bonchev–Trinajstić information content (AvgIpc) is 2.87. The van der Waals surface area contributed by atoms with Crippen LogP contribution in [0.1, 0.15) is 49.3 Å². The summed E-state index contributed by atoms with van der Waals surface area (Å²) in [4.78, 5) is 15.5. The van der Waals surface area contributed by atoms with Crippen LogP contribution in [-0.4, -0.2) is 25.8 Å². The van der Waals surface area contributed by atoms with E-state index >= 15 is 0 Å². The summed E-state index contributed by atoms with van der Waals surface area (Å²) in [6.07, 6.45) is 4.96. The second-order valence-electron chi connectivity index (χ2n) is 5.09. The van der Waals surface area contributed by atoms with Crippen LogP contribution >= 0.6 is 0 Å². The van der Waals surface area contributed by atoms with Gasteiger partial charge in [-0.05, 0) is 26.3 Å². The number of ether oxygens (including phenoxy) is 1. The van der Waals surface area contributed by atoms with E-state index in [2.05, 4.69) is 10.1 Å². The minimum Gasteiger partial charge on any atom is -0.478 e. The molecule has 0 bridgehead atoms. The Bertz CT molecular complexity index is 635. The predicted molar refractivity (Wildman–Crippen MR) is 77.9 cm³/mol. The Morgan fingerprint density at radius 3 is 2.76 bits per heavy atom. The average molecular weight is 289 g/mol. The first-order chi connectivity index (χ1) is 9.99. The number of aromatic nitrogens is 3. The van der Waals surface area contributed by atoms with Crippen LogP contribution in [0.4, 0.5) is 0 Å². The predicted octanol–water partition coefficient (Wildman–Crippen LogP) is 3.30. The third-order valence-electron chi connectivity index (χ3n) is 2.94. The lowest BCUT2D eigenvalue weighted by molar-refractivity contribution is 0.0696. The van der Waals surface area contributed by atoms with Crippen molar-refractivity contribution >= 4 is 5.97 Å². The lowest BCUT2D eigenvalue weighted by Crippen LogP contribution is -2.02. The van der Waals surface area contributed by atoms with Crippen molar-refractivity contribution in [3.05, 3.63) is 35.8 Å². The van der Waals surface area contributed by atoms with E-state index in [1.165, 1.54) is 6.07 Å². The highest BCUT2D eigenvalue weighted by atomic mass is 16.5. The molecule has 112 valence electrons. The van der Waals surface area contributed by atoms with Crippen molar-refractivity contribution in [2.75, 3.05) is 0 Å². The van der Waals surface area contributed by atoms with Gasteiger partial charge in [-0.1, -0.05) is 13.3 Å². The van der Waals surface area contributed by atoms with Gasteiger partial charge in [-0.15, -0.1) is 0 Å². The fourth-order valence-corrected chi connectivity index (χ4v) is 1.90. The molecule has 21 heavy (non-hydrogen) atoms. The first kappa shape index (κ1) is 15.0. The lowest BCUT2D eigenvalue weighted by Gasteiger charge is -2.07. The Morgan fingerprint density at radius 2 is 2.19 bits per heavy atom. The number of aromatic carboxylic acids is 1. The Balaban J connectivity index is 2.26. The Morgan fingerprint density at radius 1 is 1.43 bits per heavy atom. The fraction of sp³-hybridized carbons (Fsp3) is 0.400. The minimum atomic E-state index is -0.988. The summed E-state index contributed by atoms with van der Waals surface area (Å²) in [5.41, 5.74) is 0.892. The molecular weight excluding hydrogens is 270 g/mol. The van der Waals surface area contributed by atoms with Crippen molar-refractivity contribution in [1.82, 2.24) is 14.8 Å². The van der Waals surface area contributed by atoms with Gasteiger partial charge in [0, 0.05) is 17.8 Å². The highest BCUT2D eigenvalue weighted by molar-refractivity contribution is 5.88. The van der Waals surface area contributed by atoms with Crippen molar-refractivity contribution in [3.8, 4) is 11.6 Å². The molecule has 0 aliphatic rings. The number of rotatable bonds is 6. The van der Waals surface area contributed by atoms with E-state index in [0.717, 1.165) is 6.42 Å². The smallest absolute Gasteiger partial charge is 0.335 e. The van der Waals surface area contributed by atoms with Gasteiger partial charge in [0.15, 0.2) is 5.75 Å². The van der Waals surface area contributed by atoms with Crippen LogP contribution < -0.4 is 4.74 Å². The number of carboxylic acid groups (broad SMARTS) is 1. The highest BCUT2D eigenvalue weighted by Crippen LogP contribution is 2.22. The maximum atomic E-state index is 11.2. The lowest BCUT2D eigenvalue weighted by atomic mass is 10.1. The zero-order chi connectivity index (χ0) is 15.4. The van der Waals surface area contributed by atoms with E-state index in [4.69, 9.17) is 9.84 Å². The molecule has 2 aromatic rings. The molecular formula is C15H19N3O3. The topological polar surface area (TPSA) is 77.2 Å². The van der Waals surface area contributed by atoms with Crippen LogP contribution in [0.25, 0.3) is 0 Å². The Labute approximate surface area is 123 Å². The molecule has 0 aliphatic heterocycles. The third-order valence-corrected chi connectivity index (χ3v) is 2.94. The summed E-state index contributed by atoms with van der Waals surface area (Å²) < 4.78 is 7.40. The molecule has 6 heteroatoms. The molecule has 2 aromatic heterocycles. The minimum absolute atomic E-state index is 0.180. The van der Waals surface area contributed by atoms with Crippen LogP contribution in [-0.2, 0) is 6.42 Å². The van der Waals surface area contributed by atoms with Crippen LogP contribution in [0.5, 0.6) is 11.6 Å². The summed E-state index contributed by atoms with van der Waals surface area (Å²) in [6.45, 7) is 6.04. The third kappa shape index (κ3) is 3.81. The Hall–Kier alpha value is -2.37. The number of nitrogens with zero attached hydrogens (tertiary/aromatic N) is 3. The number of hydrogen-bond donors (Lipinski definition) is 1. The molecule has 6 nitrogen and oxygen atoms in total. The first-order valence-corrected chi connectivity index (χ1v) is 6.96. The molecule has 0 aliphatic carbocycles. The van der Waals surface area contributed by atoms with Gasteiger partial charge in [0.2, 0.25) is 5.88 Å². The van der Waals surface area contributed by atoms with Gasteiger partial charge >= 0.3 is 5.97 Å². The summed E-state index contributed by atoms with van der Waals surface area (Å²) in [6, 6.07) is 3.24. The first-order valence-electron chi connectivity index (χ1n) is 6.96. The molecule has 0 saturated heterocycles. The maximum Gasteiger partial charge on any atom is 0.335 e. The van der Waals surface area contributed by atoms with Crippen molar-refractivity contribution < 1.29 is 14.6 Å². The second kappa shape index (κ2) is 6.39. The van der Waals surface area contributed by atoms with E-state index < -0.39 is 5.97 Å². The van der Waals surface area contributed by atoms with Gasteiger partial charge in [0.05, 0.1) is 18.0 Å². The number of hydrogen-bond acceptors (Lipinski definition) is 4. The van der Waals surface area contributed by atoms with Crippen LogP contribution in [0, 0.1) is 0 Å². The standard InChI is InChI=1S/C15H19N3O3/c1-4-5-12-6-11(15(19)20)7-14(17-12)21-13-8-16-18(9-13)10(2)3/h6-10H,4-5H2,1-3H3,(H,19,20). The quantitative estimate of drug-likeness (QED) is 0.882. The summed E-state index contributed by atoms with van der Waals surface area (Å²) in [5, 5.41) is 13.3. The second-order valence-corrected chi connectivity index (χ2v) is 5.09. The van der Waals surface area contributed by atoms with E-state index in [9.17, 15) is 4.79 Å². The van der Waals surface area contributed by atoms with Crippen molar-refractivity contribution in [2.24, 2.45) is 0 Å². The van der Waals surface area contributed by atoms with Gasteiger partial charge < -0.3 is 9.84 Å². The van der Waals surface area contributed by atoms with Gasteiger partial charge in [-0.3, -0.25) is 4.68 Å². The molecule has 2 rings (SSSR count). The van der Waals surface area contributed by atoms with E-state index in [0.29, 0.717) is 17.9 Å². The number of aryl methyl sites for hydroxylation is 1. The number of carbonyl (C=O) groups is 1. The molecule has 0 amide bonds. The number of pyridine rings is 1. The molecule has 0 atom stereocenters. The molecule has 1 N–H and O–H groups in total. The van der Waals surface area contributed by atoms with Gasteiger partial charge in [-0.25, -0.2) is 9.78 Å². The number of carboxylic acids is 1. The Kier molecular flexibility index (Phi) is 4.57. The van der Waals surface area contributed by atoms with Crippen molar-refractivity contribution in [2.45, 2.75) is 39.7 Å². The largest absolute Gasteiger partial charge is 0.478 e. The zero-order valence-electron chi connectivity index (χ0n) is 12.4. The zero-order valence-corrected chi connectivity index (χ0v) is 12.4. The highest BCUT2D eigenvalue weighted by Gasteiger charge is 2.11. The van der Waals surface area contributed by atoms with Gasteiger partial charge in [-0.2, -0.15) is 5.10 Å². The monoisotopic (exact) mass is 289 g/mol. The molecule has 0 radical (unpaired) electrons. The maximum absolute atomic E-state index is 11.2. The molecule has 0 spiro atoms. The van der Waals surface area contributed by atoms with E-state index in [-0.39, 0.29) is 17.5 Å². The van der Waals surface area contributed by atoms with Gasteiger partial charge in [0.25, 0.3) is 0 Å². The van der Waals surface area contributed by atoms with Crippen molar-refractivity contribution in [1.29, 1.82) is 0 Å². The van der Waals surface area contributed by atoms with Crippen LogP contribution in [0.2, 0.25) is 0 Å². The molecule has 0 unspecified atom stereocenters. The molecule has 2 heterocycles. The molecule has 0 aromatic carbocycles. The molecule has 0 fully saturated rings. The fourth-order valence-electron chi connectivity index (χ4n) is 1.90. The SMILES string of the molecule is CCCc1cc(C(=O)O)cc(Oc2cnn(C(C)C)c2)n1. The normalized spacial score (nSPS) is 10.9. The van der Waals surface area contributed by atoms with Crippen LogP contribution in [0.3, 0.4) is 0 Å². The molecule has 0 saturated carbocycles. The van der Waals surface area contributed by atoms with Gasteiger partial charge in [0.1, 0.15) is 0 Å². The van der Waals surface area contributed by atoms with E-state index in [1.807, 2.05) is 20.8 Å². The summed E-state index contributed by atoms with van der Waals surface area (Å²) in [7, 11) is 0. The summed E-state index contributed by atoms with van der Waals surface area (Å²) >= 11 is 0. The van der Waals surface area contributed by atoms with Crippen LogP contribution in [0.15, 0.2) is 24.5 Å². The summed E-state index contributed by atoms with van der Waals surface area (Å²) in [5.74, 6) is -0.166. The van der Waals surface area contributed by atoms with Crippen molar-refractivity contribution in [3.63, 3.8) is 0 Å².